The van der Waals surface area contributed by atoms with Gasteiger partial charge in [-0.05, 0) is 13.3 Å². The molecule has 6 heteroatoms. The summed E-state index contributed by atoms with van der Waals surface area (Å²) in [6.45, 7) is 1.29. The number of ether oxygens (including phenoxy) is 1. The summed E-state index contributed by atoms with van der Waals surface area (Å²) in [4.78, 5) is 10.8. The number of esters is 1. The van der Waals surface area contributed by atoms with E-state index < -0.39 is 24.2 Å². The Balaban J connectivity index is 4.38. The molecule has 1 atom stereocenters. The lowest BCUT2D eigenvalue weighted by Crippen LogP contribution is -2.33. The molecule has 88 valence electrons. The Morgan fingerprint density at radius 1 is 1.50 bits per heavy atom. The average molecular weight is 230 g/mol. The van der Waals surface area contributed by atoms with Crippen molar-refractivity contribution >= 4 is 5.97 Å². The van der Waals surface area contributed by atoms with E-state index >= 15 is 0 Å². The van der Waals surface area contributed by atoms with Crippen molar-refractivity contribution in [2.24, 2.45) is 5.92 Å². The van der Waals surface area contributed by atoms with Crippen molar-refractivity contribution in [1.82, 2.24) is 0 Å². The minimum absolute atomic E-state index is 0.0110. The van der Waals surface area contributed by atoms with E-state index in [2.05, 4.69) is 4.74 Å². The second-order valence-electron chi connectivity index (χ2n) is 3.15. The average Bonchev–Trinajstić information content (AvgIpc) is 2.24. The summed E-state index contributed by atoms with van der Waals surface area (Å²) < 4.78 is 30.5. The fourth-order valence-electron chi connectivity index (χ4n) is 1.08. The van der Waals surface area contributed by atoms with E-state index in [4.69, 9.17) is 10.5 Å². The van der Waals surface area contributed by atoms with Crippen LogP contribution < -0.4 is 0 Å². The summed E-state index contributed by atoms with van der Waals surface area (Å²) in [6, 6.07) is 3.41. The molecule has 0 amide bonds. The molecule has 4 nitrogen and oxygen atoms in total. The molecule has 0 fully saturated rings. The predicted molar refractivity (Wildman–Crippen MR) is 50.1 cm³/mol. The Kier molecular flexibility index (Phi) is 6.02. The predicted octanol–water partition coefficient (Wildman–Crippen LogP) is 2.02. The van der Waals surface area contributed by atoms with Crippen molar-refractivity contribution in [2.75, 3.05) is 6.61 Å². The van der Waals surface area contributed by atoms with E-state index in [-0.39, 0.29) is 19.4 Å². The first-order chi connectivity index (χ1) is 7.47. The van der Waals surface area contributed by atoms with Crippen LogP contribution in [0, 0.1) is 28.6 Å². The van der Waals surface area contributed by atoms with E-state index in [9.17, 15) is 13.6 Å². The standard InChI is InChI=1S/C10H12F2N2O2/c1-2-16-9(15)10(11,12)6-8(7-14)4-3-5-13/h8H,2-4,6H2,1H3. The number of hydrogen-bond donors (Lipinski definition) is 0. The molecular weight excluding hydrogens is 218 g/mol. The van der Waals surface area contributed by atoms with E-state index in [0.717, 1.165) is 0 Å². The quantitative estimate of drug-likeness (QED) is 0.654. The van der Waals surface area contributed by atoms with Crippen molar-refractivity contribution in [1.29, 1.82) is 10.5 Å². The number of alkyl halides is 2. The topological polar surface area (TPSA) is 73.9 Å². The zero-order valence-corrected chi connectivity index (χ0v) is 8.87. The zero-order valence-electron chi connectivity index (χ0n) is 8.87. The number of nitriles is 2. The maximum Gasteiger partial charge on any atom is 0.377 e. The van der Waals surface area contributed by atoms with Crippen LogP contribution in [0.4, 0.5) is 8.78 Å². The van der Waals surface area contributed by atoms with Gasteiger partial charge >= 0.3 is 11.9 Å². The third-order valence-corrected chi connectivity index (χ3v) is 1.86. The second-order valence-corrected chi connectivity index (χ2v) is 3.15. The third kappa shape index (κ3) is 4.70. The van der Waals surface area contributed by atoms with Crippen LogP contribution in [0.2, 0.25) is 0 Å². The van der Waals surface area contributed by atoms with E-state index in [1.54, 1.807) is 12.1 Å². The number of carbonyl (C=O) groups excluding carboxylic acids is 1. The van der Waals surface area contributed by atoms with Crippen LogP contribution in [0.25, 0.3) is 0 Å². The minimum Gasteiger partial charge on any atom is -0.462 e. The van der Waals surface area contributed by atoms with Gasteiger partial charge in [0.25, 0.3) is 0 Å². The first-order valence-electron chi connectivity index (χ1n) is 4.79. The lowest BCUT2D eigenvalue weighted by atomic mass is 9.97. The summed E-state index contributed by atoms with van der Waals surface area (Å²) in [6.07, 6.45) is -0.858. The Morgan fingerprint density at radius 3 is 2.56 bits per heavy atom. The van der Waals surface area contributed by atoms with Gasteiger partial charge in [0.2, 0.25) is 0 Å². The van der Waals surface area contributed by atoms with Gasteiger partial charge in [-0.3, -0.25) is 0 Å². The molecule has 0 bridgehead atoms. The molecule has 0 aliphatic rings. The molecule has 0 saturated carbocycles. The molecule has 16 heavy (non-hydrogen) atoms. The molecule has 0 rings (SSSR count). The molecule has 0 heterocycles. The molecular formula is C10H12F2N2O2. The fraction of sp³-hybridized carbons (Fsp3) is 0.700. The first kappa shape index (κ1) is 14.3. The lowest BCUT2D eigenvalue weighted by Gasteiger charge is -2.16. The summed E-state index contributed by atoms with van der Waals surface area (Å²) in [7, 11) is 0. The van der Waals surface area contributed by atoms with Crippen molar-refractivity contribution in [3.63, 3.8) is 0 Å². The molecule has 0 aliphatic heterocycles. The maximum atomic E-state index is 13.2. The highest BCUT2D eigenvalue weighted by Gasteiger charge is 2.42. The second kappa shape index (κ2) is 6.73. The third-order valence-electron chi connectivity index (χ3n) is 1.86. The van der Waals surface area contributed by atoms with Crippen LogP contribution in [-0.2, 0) is 9.53 Å². The van der Waals surface area contributed by atoms with Gasteiger partial charge < -0.3 is 4.74 Å². The highest BCUT2D eigenvalue weighted by molar-refractivity contribution is 5.77. The van der Waals surface area contributed by atoms with Gasteiger partial charge in [-0.1, -0.05) is 0 Å². The monoisotopic (exact) mass is 230 g/mol. The van der Waals surface area contributed by atoms with Gasteiger partial charge in [-0.25, -0.2) is 4.79 Å². The molecule has 0 saturated heterocycles. The fourth-order valence-corrected chi connectivity index (χ4v) is 1.08. The van der Waals surface area contributed by atoms with Gasteiger partial charge in [0.05, 0.1) is 24.7 Å². The Hall–Kier alpha value is -1.69. The first-order valence-corrected chi connectivity index (χ1v) is 4.79. The van der Waals surface area contributed by atoms with Gasteiger partial charge in [0, 0.05) is 12.8 Å². The SMILES string of the molecule is CCOC(=O)C(F)(F)CC(C#N)CCC#N. The molecule has 0 radical (unpaired) electrons. The highest BCUT2D eigenvalue weighted by Crippen LogP contribution is 2.27. The summed E-state index contributed by atoms with van der Waals surface area (Å²) in [5.41, 5.74) is 0. The van der Waals surface area contributed by atoms with E-state index in [0.29, 0.717) is 0 Å². The Labute approximate surface area is 92.4 Å². The summed E-state index contributed by atoms with van der Waals surface area (Å²) >= 11 is 0. The zero-order chi connectivity index (χ0) is 12.6. The molecule has 0 aliphatic carbocycles. The van der Waals surface area contributed by atoms with Crippen molar-refractivity contribution in [2.45, 2.75) is 32.1 Å². The van der Waals surface area contributed by atoms with E-state index in [1.807, 2.05) is 0 Å². The molecule has 0 aromatic rings. The van der Waals surface area contributed by atoms with Crippen molar-refractivity contribution in [3.05, 3.63) is 0 Å². The maximum absolute atomic E-state index is 13.2. The van der Waals surface area contributed by atoms with Crippen LogP contribution in [0.5, 0.6) is 0 Å². The number of hydrogen-bond acceptors (Lipinski definition) is 4. The molecule has 1 unspecified atom stereocenters. The minimum atomic E-state index is -3.66. The molecule has 0 N–H and O–H groups in total. The summed E-state index contributed by atoms with van der Waals surface area (Å²) in [5.74, 6) is -6.29. The number of nitrogens with zero attached hydrogens (tertiary/aromatic N) is 2. The van der Waals surface area contributed by atoms with E-state index in [1.165, 1.54) is 6.92 Å². The Morgan fingerprint density at radius 2 is 2.12 bits per heavy atom. The van der Waals surface area contributed by atoms with Crippen LogP contribution >= 0.6 is 0 Å². The lowest BCUT2D eigenvalue weighted by molar-refractivity contribution is -0.173. The number of rotatable bonds is 6. The van der Waals surface area contributed by atoms with Crippen LogP contribution in [-0.4, -0.2) is 18.5 Å². The van der Waals surface area contributed by atoms with Gasteiger partial charge in [0.15, 0.2) is 0 Å². The number of carbonyl (C=O) groups is 1. The van der Waals surface area contributed by atoms with Crippen LogP contribution in [0.3, 0.4) is 0 Å². The smallest absolute Gasteiger partial charge is 0.377 e. The van der Waals surface area contributed by atoms with Gasteiger partial charge in [-0.15, -0.1) is 0 Å². The van der Waals surface area contributed by atoms with Gasteiger partial charge in [-0.2, -0.15) is 19.3 Å². The molecule has 0 spiro atoms. The normalized spacial score (nSPS) is 12.3. The van der Waals surface area contributed by atoms with Crippen LogP contribution in [0.15, 0.2) is 0 Å². The molecule has 0 aromatic heterocycles. The van der Waals surface area contributed by atoms with Crippen molar-refractivity contribution in [3.8, 4) is 12.1 Å². The van der Waals surface area contributed by atoms with Crippen LogP contribution in [0.1, 0.15) is 26.2 Å². The van der Waals surface area contributed by atoms with Crippen molar-refractivity contribution < 1.29 is 18.3 Å². The summed E-state index contributed by atoms with van der Waals surface area (Å²) in [5, 5.41) is 16.8. The van der Waals surface area contributed by atoms with Gasteiger partial charge in [0.1, 0.15) is 0 Å². The molecule has 0 aromatic carbocycles. The number of halogens is 2. The largest absolute Gasteiger partial charge is 0.462 e. The Bertz CT molecular complexity index is 318. The highest BCUT2D eigenvalue weighted by atomic mass is 19.3.